The summed E-state index contributed by atoms with van der Waals surface area (Å²) in [4.78, 5) is 10.2. The van der Waals surface area contributed by atoms with Gasteiger partial charge >= 0.3 is 0 Å². The van der Waals surface area contributed by atoms with Crippen LogP contribution in [0.3, 0.4) is 0 Å². The number of pyridine rings is 2. The van der Waals surface area contributed by atoms with E-state index in [9.17, 15) is 0 Å². The highest BCUT2D eigenvalue weighted by Gasteiger charge is 2.14. The van der Waals surface area contributed by atoms with Crippen molar-refractivity contribution in [1.29, 1.82) is 0 Å². The van der Waals surface area contributed by atoms with Crippen molar-refractivity contribution in [2.75, 3.05) is 7.11 Å². The third kappa shape index (κ3) is 7.15. The second kappa shape index (κ2) is 15.4. The Morgan fingerprint density at radius 3 is 1.08 bits per heavy atom. The third-order valence-corrected chi connectivity index (χ3v) is 11.3. The van der Waals surface area contributed by atoms with Gasteiger partial charge in [-0.25, -0.2) is 9.97 Å². The molecule has 0 bridgehead atoms. The summed E-state index contributed by atoms with van der Waals surface area (Å²) in [6, 6.07) is 73.3. The van der Waals surface area contributed by atoms with E-state index in [2.05, 4.69) is 201 Å². The van der Waals surface area contributed by atoms with E-state index >= 15 is 0 Å². The quantitative estimate of drug-likeness (QED) is 0.155. The maximum absolute atomic E-state index is 5.40. The summed E-state index contributed by atoms with van der Waals surface area (Å²) in [7, 11) is 1.69. The van der Waals surface area contributed by atoms with Crippen LogP contribution in [-0.2, 0) is 0 Å². The molecule has 8 aromatic carbocycles. The molecule has 0 fully saturated rings. The smallest absolute Gasteiger partial charge is 0.118 e. The minimum Gasteiger partial charge on any atom is -0.497 e. The van der Waals surface area contributed by atoms with Gasteiger partial charge in [0.15, 0.2) is 0 Å². The summed E-state index contributed by atoms with van der Waals surface area (Å²) in [6.07, 6.45) is 0. The summed E-state index contributed by atoms with van der Waals surface area (Å²) in [5.74, 6) is 0.829. The molecular formula is C56H40N2O. The van der Waals surface area contributed by atoms with E-state index < -0.39 is 0 Å². The van der Waals surface area contributed by atoms with Crippen LogP contribution in [0.4, 0.5) is 0 Å². The molecule has 0 saturated heterocycles. The summed E-state index contributed by atoms with van der Waals surface area (Å²) in [5.41, 5.74) is 19.0. The summed E-state index contributed by atoms with van der Waals surface area (Å²) >= 11 is 0. The first-order valence-electron chi connectivity index (χ1n) is 20.0. The van der Waals surface area contributed by atoms with Crippen molar-refractivity contribution < 1.29 is 4.74 Å². The van der Waals surface area contributed by atoms with Crippen molar-refractivity contribution in [1.82, 2.24) is 9.97 Å². The van der Waals surface area contributed by atoms with Crippen LogP contribution in [0.25, 0.3) is 100.0 Å². The summed E-state index contributed by atoms with van der Waals surface area (Å²) in [5, 5.41) is 2.26. The van der Waals surface area contributed by atoms with Gasteiger partial charge in [-0.1, -0.05) is 151 Å². The number of hydrogen-bond acceptors (Lipinski definition) is 3. The zero-order valence-corrected chi connectivity index (χ0v) is 32.9. The number of rotatable bonds is 8. The number of hydrogen-bond donors (Lipinski definition) is 0. The molecule has 0 spiro atoms. The number of methoxy groups -OCH3 is 1. The maximum atomic E-state index is 5.40. The number of nitrogens with zero attached hydrogens (tertiary/aromatic N) is 2. The van der Waals surface area contributed by atoms with E-state index in [1.165, 1.54) is 38.9 Å². The van der Waals surface area contributed by atoms with Crippen molar-refractivity contribution in [3.8, 4) is 83.9 Å². The molecular weight excluding hydrogens is 717 g/mol. The Morgan fingerprint density at radius 2 is 0.678 bits per heavy atom. The van der Waals surface area contributed by atoms with E-state index in [4.69, 9.17) is 14.7 Å². The maximum Gasteiger partial charge on any atom is 0.118 e. The average Bonchev–Trinajstić information content (AvgIpc) is 3.31. The van der Waals surface area contributed by atoms with Crippen LogP contribution in [0.15, 0.2) is 206 Å². The fraction of sp³-hybridized carbons (Fsp3) is 0.0357. The number of aromatic nitrogens is 2. The number of benzene rings is 8. The van der Waals surface area contributed by atoms with Gasteiger partial charge < -0.3 is 4.74 Å². The van der Waals surface area contributed by atoms with Crippen molar-refractivity contribution in [3.05, 3.63) is 212 Å². The zero-order valence-electron chi connectivity index (χ0n) is 32.9. The molecule has 2 heterocycles. The van der Waals surface area contributed by atoms with Crippen LogP contribution in [0, 0.1) is 6.92 Å². The Bertz CT molecular complexity index is 3080. The molecule has 0 aliphatic rings. The Morgan fingerprint density at radius 1 is 0.322 bits per heavy atom. The molecule has 10 aromatic rings. The molecule has 0 atom stereocenters. The van der Waals surface area contributed by atoms with Gasteiger partial charge in [-0.05, 0) is 123 Å². The van der Waals surface area contributed by atoms with Crippen LogP contribution < -0.4 is 4.74 Å². The molecule has 3 nitrogen and oxygen atoms in total. The lowest BCUT2D eigenvalue weighted by Crippen LogP contribution is -1.91. The van der Waals surface area contributed by atoms with Crippen molar-refractivity contribution in [2.45, 2.75) is 6.92 Å². The number of fused-ring (bicyclic) bond motifs is 2. The van der Waals surface area contributed by atoms with E-state index in [0.29, 0.717) is 0 Å². The van der Waals surface area contributed by atoms with Gasteiger partial charge in [0.05, 0.1) is 29.5 Å². The van der Waals surface area contributed by atoms with Crippen molar-refractivity contribution in [3.63, 3.8) is 0 Å². The molecule has 0 aliphatic heterocycles. The van der Waals surface area contributed by atoms with Gasteiger partial charge in [0, 0.05) is 21.9 Å². The summed E-state index contributed by atoms with van der Waals surface area (Å²) in [6.45, 7) is 2.11. The first-order valence-corrected chi connectivity index (χ1v) is 20.0. The fourth-order valence-electron chi connectivity index (χ4n) is 8.02. The lowest BCUT2D eigenvalue weighted by atomic mass is 9.94. The second-order valence-corrected chi connectivity index (χ2v) is 15.1. The Kier molecular flexibility index (Phi) is 9.32. The molecule has 0 aliphatic carbocycles. The molecule has 0 radical (unpaired) electrons. The van der Waals surface area contributed by atoms with Crippen LogP contribution >= 0.6 is 0 Å². The largest absolute Gasteiger partial charge is 0.497 e. The highest BCUT2D eigenvalue weighted by Crippen LogP contribution is 2.38. The number of aryl methyl sites for hydroxylation is 1. The van der Waals surface area contributed by atoms with E-state index in [0.717, 1.165) is 72.3 Å². The van der Waals surface area contributed by atoms with Crippen LogP contribution in [0.2, 0.25) is 0 Å². The highest BCUT2D eigenvalue weighted by atomic mass is 16.5. The van der Waals surface area contributed by atoms with Crippen LogP contribution in [-0.4, -0.2) is 17.1 Å². The van der Waals surface area contributed by atoms with Gasteiger partial charge in [0.2, 0.25) is 0 Å². The molecule has 10 rings (SSSR count). The first kappa shape index (κ1) is 35.8. The molecule has 280 valence electrons. The molecule has 59 heavy (non-hydrogen) atoms. The second-order valence-electron chi connectivity index (χ2n) is 15.1. The molecule has 0 amide bonds. The third-order valence-electron chi connectivity index (χ3n) is 11.3. The molecule has 0 N–H and O–H groups in total. The molecule has 0 unspecified atom stereocenters. The zero-order chi connectivity index (χ0) is 39.7. The Balaban J connectivity index is 0.948. The minimum atomic E-state index is 0.829. The Labute approximate surface area is 344 Å². The van der Waals surface area contributed by atoms with E-state index in [-0.39, 0.29) is 0 Å². The standard InChI is InChI=1S/C56H40N2O/c1-37-13-15-44(16-14-37)55-35-49(42-9-5-3-6-10-42)51-33-46(27-31-53(51)57-55)40-21-17-38(18-22-40)39-19-23-41(24-20-39)47-28-32-54-52(34-47)50(43-11-7-4-8-12-43)36-56(58-54)45-25-29-48(59-2)30-26-45/h3-36H,1-2H3. The SMILES string of the molecule is COc1ccc(-c2cc(-c3ccccc3)c3cc(-c4ccc(-c5ccc(-c6ccc7nc(-c8ccc(C)cc8)cc(-c8ccccc8)c7c6)cc5)cc4)ccc3n2)cc1. The van der Waals surface area contributed by atoms with Gasteiger partial charge in [-0.2, -0.15) is 0 Å². The van der Waals surface area contributed by atoms with E-state index in [1.54, 1.807) is 7.11 Å². The normalized spacial score (nSPS) is 11.2. The van der Waals surface area contributed by atoms with Gasteiger partial charge in [0.25, 0.3) is 0 Å². The number of ether oxygens (including phenoxy) is 1. The average molecular weight is 757 g/mol. The Hall–Kier alpha value is -7.62. The summed E-state index contributed by atoms with van der Waals surface area (Å²) < 4.78 is 5.40. The van der Waals surface area contributed by atoms with Gasteiger partial charge in [0.1, 0.15) is 5.75 Å². The first-order chi connectivity index (χ1) is 29.1. The lowest BCUT2D eigenvalue weighted by Gasteiger charge is -2.13. The molecule has 3 heteroatoms. The van der Waals surface area contributed by atoms with Crippen molar-refractivity contribution >= 4 is 21.8 Å². The van der Waals surface area contributed by atoms with Crippen LogP contribution in [0.1, 0.15) is 5.56 Å². The monoisotopic (exact) mass is 756 g/mol. The molecule has 2 aromatic heterocycles. The lowest BCUT2D eigenvalue weighted by molar-refractivity contribution is 0.415. The molecule has 0 saturated carbocycles. The van der Waals surface area contributed by atoms with Crippen molar-refractivity contribution in [2.24, 2.45) is 0 Å². The topological polar surface area (TPSA) is 35.0 Å². The highest BCUT2D eigenvalue weighted by molar-refractivity contribution is 6.00. The fourth-order valence-corrected chi connectivity index (χ4v) is 8.02. The predicted molar refractivity (Wildman–Crippen MR) is 246 cm³/mol. The minimum absolute atomic E-state index is 0.829. The van der Waals surface area contributed by atoms with E-state index in [1.807, 2.05) is 12.1 Å². The van der Waals surface area contributed by atoms with Gasteiger partial charge in [-0.3, -0.25) is 0 Å². The predicted octanol–water partition coefficient (Wildman–Crippen LogP) is 14.8. The van der Waals surface area contributed by atoms with Crippen LogP contribution in [0.5, 0.6) is 5.75 Å². The van der Waals surface area contributed by atoms with Gasteiger partial charge in [-0.15, -0.1) is 0 Å².